The standard InChI is InChI=1S/C11H8N4O2/c1-14-9-4-2-8(3-5-9)7-17-15-10(6-12)11(13)16/h2-5H,7H2,(H2,13,16)/b15-10-. The van der Waals surface area contributed by atoms with Gasteiger partial charge in [0, 0.05) is 0 Å². The molecular formula is C11H8N4O2. The second kappa shape index (κ2) is 5.89. The van der Waals surface area contributed by atoms with Crippen LogP contribution in [0, 0.1) is 17.9 Å². The minimum absolute atomic E-state index is 0.0940. The summed E-state index contributed by atoms with van der Waals surface area (Å²) < 4.78 is 0. The first kappa shape index (κ1) is 12.2. The van der Waals surface area contributed by atoms with E-state index in [1.54, 1.807) is 24.3 Å². The first-order chi connectivity index (χ1) is 8.17. The Labute approximate surface area is 97.7 Å². The summed E-state index contributed by atoms with van der Waals surface area (Å²) in [4.78, 5) is 18.6. The zero-order valence-electron chi connectivity index (χ0n) is 8.75. The third-order valence-electron chi connectivity index (χ3n) is 1.79. The van der Waals surface area contributed by atoms with E-state index in [0.717, 1.165) is 5.56 Å². The molecule has 1 aromatic rings. The van der Waals surface area contributed by atoms with Gasteiger partial charge < -0.3 is 10.6 Å². The van der Waals surface area contributed by atoms with Gasteiger partial charge in [0.15, 0.2) is 5.69 Å². The van der Waals surface area contributed by atoms with Gasteiger partial charge in [0.05, 0.1) is 6.57 Å². The largest absolute Gasteiger partial charge is 0.390 e. The molecule has 0 aliphatic heterocycles. The Kier molecular flexibility index (Phi) is 4.23. The molecule has 0 saturated heterocycles. The molecule has 0 radical (unpaired) electrons. The normalized spacial score (nSPS) is 10.1. The molecule has 6 nitrogen and oxygen atoms in total. The second-order valence-electron chi connectivity index (χ2n) is 2.97. The summed E-state index contributed by atoms with van der Waals surface area (Å²) in [5.74, 6) is -0.934. The van der Waals surface area contributed by atoms with E-state index in [4.69, 9.17) is 22.4 Å². The highest BCUT2D eigenvalue weighted by Gasteiger charge is 2.05. The number of oxime groups is 1. The van der Waals surface area contributed by atoms with Gasteiger partial charge in [-0.05, 0) is 5.56 Å². The maximum Gasteiger partial charge on any atom is 0.281 e. The lowest BCUT2D eigenvalue weighted by molar-refractivity contribution is -0.112. The Morgan fingerprint density at radius 2 is 2.18 bits per heavy atom. The van der Waals surface area contributed by atoms with Crippen molar-refractivity contribution in [3.8, 4) is 6.07 Å². The third kappa shape index (κ3) is 3.65. The van der Waals surface area contributed by atoms with Crippen LogP contribution < -0.4 is 5.73 Å². The maximum atomic E-state index is 10.6. The van der Waals surface area contributed by atoms with E-state index in [0.29, 0.717) is 5.69 Å². The van der Waals surface area contributed by atoms with Crippen LogP contribution in [0.3, 0.4) is 0 Å². The van der Waals surface area contributed by atoms with Crippen molar-refractivity contribution >= 4 is 17.3 Å². The van der Waals surface area contributed by atoms with Crippen LogP contribution >= 0.6 is 0 Å². The smallest absolute Gasteiger partial charge is 0.281 e. The number of nitrogens with two attached hydrogens (primary N) is 1. The van der Waals surface area contributed by atoms with E-state index in [-0.39, 0.29) is 6.61 Å². The molecule has 0 fully saturated rings. The zero-order chi connectivity index (χ0) is 12.7. The number of nitriles is 1. The molecule has 1 rings (SSSR count). The Morgan fingerprint density at radius 3 is 2.65 bits per heavy atom. The van der Waals surface area contributed by atoms with Gasteiger partial charge in [0.1, 0.15) is 12.7 Å². The SMILES string of the molecule is [C-]#[N+]c1ccc(CO/N=C(/C#N)C(N)=O)cc1. The number of benzene rings is 1. The maximum absolute atomic E-state index is 10.6. The minimum Gasteiger partial charge on any atom is -0.390 e. The first-order valence-corrected chi connectivity index (χ1v) is 4.53. The van der Waals surface area contributed by atoms with Gasteiger partial charge in [0.25, 0.3) is 5.91 Å². The van der Waals surface area contributed by atoms with Crippen LogP contribution in [0.25, 0.3) is 4.85 Å². The van der Waals surface area contributed by atoms with Gasteiger partial charge in [-0.25, -0.2) is 4.85 Å². The molecule has 17 heavy (non-hydrogen) atoms. The summed E-state index contributed by atoms with van der Waals surface area (Å²) in [5, 5.41) is 11.8. The monoisotopic (exact) mass is 228 g/mol. The minimum atomic E-state index is -0.934. The van der Waals surface area contributed by atoms with Crippen LogP contribution in [-0.4, -0.2) is 11.6 Å². The van der Waals surface area contributed by atoms with Gasteiger partial charge in [0.2, 0.25) is 5.71 Å². The van der Waals surface area contributed by atoms with Crippen LogP contribution in [0.5, 0.6) is 0 Å². The fourth-order valence-corrected chi connectivity index (χ4v) is 0.959. The summed E-state index contributed by atoms with van der Waals surface area (Å²) in [7, 11) is 0. The topological polar surface area (TPSA) is 92.8 Å². The molecule has 0 bridgehead atoms. The summed E-state index contributed by atoms with van der Waals surface area (Å²) in [6, 6.07) is 8.17. The number of carbonyl (C=O) groups is 1. The van der Waals surface area contributed by atoms with E-state index < -0.39 is 11.6 Å². The molecule has 0 saturated carbocycles. The molecule has 0 aliphatic rings. The molecule has 6 heteroatoms. The first-order valence-electron chi connectivity index (χ1n) is 4.53. The van der Waals surface area contributed by atoms with Crippen molar-refractivity contribution in [1.29, 1.82) is 5.26 Å². The van der Waals surface area contributed by atoms with Crippen LogP contribution in [0.15, 0.2) is 29.4 Å². The van der Waals surface area contributed by atoms with E-state index in [1.165, 1.54) is 6.07 Å². The molecule has 84 valence electrons. The number of hydrogen-bond donors (Lipinski definition) is 1. The molecule has 0 heterocycles. The highest BCUT2D eigenvalue weighted by atomic mass is 16.6. The quantitative estimate of drug-likeness (QED) is 0.475. The van der Waals surface area contributed by atoms with Crippen molar-refractivity contribution < 1.29 is 9.63 Å². The van der Waals surface area contributed by atoms with Gasteiger partial charge in [-0.3, -0.25) is 4.79 Å². The van der Waals surface area contributed by atoms with E-state index in [2.05, 4.69) is 10.0 Å². The predicted octanol–water partition coefficient (Wildman–Crippen LogP) is 1.12. The highest BCUT2D eigenvalue weighted by Crippen LogP contribution is 2.13. The summed E-state index contributed by atoms with van der Waals surface area (Å²) >= 11 is 0. The number of primary amides is 1. The third-order valence-corrected chi connectivity index (χ3v) is 1.79. The molecular weight excluding hydrogens is 220 g/mol. The predicted molar refractivity (Wildman–Crippen MR) is 59.7 cm³/mol. The number of carbonyl (C=O) groups excluding carboxylic acids is 1. The number of amides is 1. The fourth-order valence-electron chi connectivity index (χ4n) is 0.959. The summed E-state index contributed by atoms with van der Waals surface area (Å²) in [6.45, 7) is 6.86. The van der Waals surface area contributed by atoms with Gasteiger partial charge in [-0.2, -0.15) is 5.26 Å². The van der Waals surface area contributed by atoms with Crippen molar-refractivity contribution in [2.45, 2.75) is 6.61 Å². The van der Waals surface area contributed by atoms with Crippen molar-refractivity contribution in [2.75, 3.05) is 0 Å². The Bertz CT molecular complexity index is 520. The lowest BCUT2D eigenvalue weighted by Gasteiger charge is -1.99. The molecule has 0 aliphatic carbocycles. The summed E-state index contributed by atoms with van der Waals surface area (Å²) in [5.41, 5.74) is 5.66. The van der Waals surface area contributed by atoms with E-state index in [9.17, 15) is 4.79 Å². The Balaban J connectivity index is 2.60. The zero-order valence-corrected chi connectivity index (χ0v) is 8.75. The van der Waals surface area contributed by atoms with Crippen LogP contribution in [0.1, 0.15) is 5.56 Å². The Hall–Kier alpha value is -2.86. The average molecular weight is 228 g/mol. The van der Waals surface area contributed by atoms with E-state index >= 15 is 0 Å². The van der Waals surface area contributed by atoms with Gasteiger partial charge in [-0.15, -0.1) is 0 Å². The number of hydrogen-bond acceptors (Lipinski definition) is 4. The van der Waals surface area contributed by atoms with Crippen LogP contribution in [0.4, 0.5) is 5.69 Å². The molecule has 1 amide bonds. The molecule has 1 aromatic carbocycles. The molecule has 0 aromatic heterocycles. The average Bonchev–Trinajstić information content (AvgIpc) is 2.35. The number of nitrogens with zero attached hydrogens (tertiary/aromatic N) is 3. The molecule has 2 N–H and O–H groups in total. The van der Waals surface area contributed by atoms with E-state index in [1.807, 2.05) is 0 Å². The van der Waals surface area contributed by atoms with Crippen LogP contribution in [-0.2, 0) is 16.2 Å². The lowest BCUT2D eigenvalue weighted by Crippen LogP contribution is -2.21. The Morgan fingerprint density at radius 1 is 1.53 bits per heavy atom. The van der Waals surface area contributed by atoms with Crippen molar-refractivity contribution in [3.05, 3.63) is 41.2 Å². The fraction of sp³-hybridized carbons (Fsp3) is 0.0909. The second-order valence-corrected chi connectivity index (χ2v) is 2.97. The summed E-state index contributed by atoms with van der Waals surface area (Å²) in [6.07, 6.45) is 0. The van der Waals surface area contributed by atoms with Gasteiger partial charge >= 0.3 is 0 Å². The van der Waals surface area contributed by atoms with Crippen LogP contribution in [0.2, 0.25) is 0 Å². The van der Waals surface area contributed by atoms with Crippen molar-refractivity contribution in [1.82, 2.24) is 0 Å². The van der Waals surface area contributed by atoms with Crippen molar-refractivity contribution in [3.63, 3.8) is 0 Å². The lowest BCUT2D eigenvalue weighted by atomic mass is 10.2. The molecule has 0 atom stereocenters. The van der Waals surface area contributed by atoms with Gasteiger partial charge in [-0.1, -0.05) is 29.4 Å². The van der Waals surface area contributed by atoms with Crippen molar-refractivity contribution in [2.24, 2.45) is 10.9 Å². The molecule has 0 spiro atoms. The molecule has 0 unspecified atom stereocenters. The highest BCUT2D eigenvalue weighted by molar-refractivity contribution is 6.44. The number of rotatable bonds is 4.